The molecular formula is C18H22N6. The molecule has 1 aliphatic rings. The Kier molecular flexibility index (Phi) is 4.92. The van der Waals surface area contributed by atoms with E-state index in [1.807, 2.05) is 6.07 Å². The van der Waals surface area contributed by atoms with E-state index < -0.39 is 0 Å². The van der Waals surface area contributed by atoms with Crippen LogP contribution in [0.3, 0.4) is 0 Å². The largest absolute Gasteiger partial charge is 0.369 e. The number of hydrogen-bond donors (Lipinski definition) is 1. The maximum Gasteiger partial charge on any atom is 0.227 e. The summed E-state index contributed by atoms with van der Waals surface area (Å²) in [5.74, 6) is 0.510. The zero-order valence-electron chi connectivity index (χ0n) is 14.2. The van der Waals surface area contributed by atoms with Gasteiger partial charge in [0, 0.05) is 37.6 Å². The summed E-state index contributed by atoms with van der Waals surface area (Å²) in [5.41, 5.74) is 3.98. The number of aryl methyl sites for hydroxylation is 1. The third-order valence-corrected chi connectivity index (χ3v) is 4.37. The van der Waals surface area contributed by atoms with E-state index in [0.717, 1.165) is 38.3 Å². The molecule has 1 aromatic carbocycles. The standard InChI is InChI=1S/C18H22N6/c1-3-15-10-16(24-8-6-23(2)7-9-24)4-5-17(15)22-18-20-12-14(11-19)13-21-18/h4-5,10,12-13H,3,6-9H2,1-2H3,(H,20,21,22). The highest BCUT2D eigenvalue weighted by Gasteiger charge is 2.15. The maximum absolute atomic E-state index is 8.81. The van der Waals surface area contributed by atoms with E-state index in [1.54, 1.807) is 0 Å². The molecule has 3 rings (SSSR count). The normalized spacial score (nSPS) is 15.1. The van der Waals surface area contributed by atoms with Gasteiger partial charge in [0.05, 0.1) is 18.0 Å². The smallest absolute Gasteiger partial charge is 0.227 e. The summed E-state index contributed by atoms with van der Waals surface area (Å²) in [4.78, 5) is 13.1. The third kappa shape index (κ3) is 3.63. The van der Waals surface area contributed by atoms with E-state index in [-0.39, 0.29) is 0 Å². The zero-order valence-corrected chi connectivity index (χ0v) is 14.2. The molecule has 2 heterocycles. The Bertz CT molecular complexity index is 726. The molecule has 24 heavy (non-hydrogen) atoms. The molecule has 1 aliphatic heterocycles. The van der Waals surface area contributed by atoms with Crippen molar-refractivity contribution in [2.45, 2.75) is 13.3 Å². The Hall–Kier alpha value is -2.65. The highest BCUT2D eigenvalue weighted by molar-refractivity contribution is 5.64. The van der Waals surface area contributed by atoms with Gasteiger partial charge >= 0.3 is 0 Å². The molecular weight excluding hydrogens is 300 g/mol. The second-order valence-corrected chi connectivity index (χ2v) is 6.02. The molecule has 1 fully saturated rings. The molecule has 0 radical (unpaired) electrons. The van der Waals surface area contributed by atoms with Crippen molar-refractivity contribution in [1.29, 1.82) is 5.26 Å². The van der Waals surface area contributed by atoms with Crippen LogP contribution in [0.25, 0.3) is 0 Å². The number of rotatable bonds is 4. The zero-order chi connectivity index (χ0) is 16.9. The first-order valence-corrected chi connectivity index (χ1v) is 8.25. The minimum absolute atomic E-state index is 0.460. The van der Waals surface area contributed by atoms with Crippen molar-refractivity contribution in [3.63, 3.8) is 0 Å². The SMILES string of the molecule is CCc1cc(N2CCN(C)CC2)ccc1Nc1ncc(C#N)cn1. The average molecular weight is 322 g/mol. The van der Waals surface area contributed by atoms with Gasteiger partial charge in [0.15, 0.2) is 0 Å². The summed E-state index contributed by atoms with van der Waals surface area (Å²) in [5, 5.41) is 12.1. The quantitative estimate of drug-likeness (QED) is 0.932. The predicted octanol–water partition coefficient (Wildman–Crippen LogP) is 2.41. The third-order valence-electron chi connectivity index (χ3n) is 4.37. The molecule has 0 spiro atoms. The minimum Gasteiger partial charge on any atom is -0.369 e. The summed E-state index contributed by atoms with van der Waals surface area (Å²) >= 11 is 0. The van der Waals surface area contributed by atoms with Crippen LogP contribution in [0.5, 0.6) is 0 Å². The molecule has 6 nitrogen and oxygen atoms in total. The van der Waals surface area contributed by atoms with Gasteiger partial charge in [0.25, 0.3) is 0 Å². The molecule has 0 atom stereocenters. The highest BCUT2D eigenvalue weighted by atomic mass is 15.2. The number of nitrogens with zero attached hydrogens (tertiary/aromatic N) is 5. The summed E-state index contributed by atoms with van der Waals surface area (Å²) in [6.07, 6.45) is 3.99. The van der Waals surface area contributed by atoms with Crippen LogP contribution < -0.4 is 10.2 Å². The van der Waals surface area contributed by atoms with Crippen molar-refractivity contribution in [3.8, 4) is 6.07 Å². The molecule has 1 aromatic heterocycles. The number of benzene rings is 1. The topological polar surface area (TPSA) is 68.1 Å². The summed E-state index contributed by atoms with van der Waals surface area (Å²) in [6.45, 7) is 6.46. The lowest BCUT2D eigenvalue weighted by atomic mass is 10.1. The molecule has 6 heteroatoms. The van der Waals surface area contributed by atoms with Gasteiger partial charge in [0.2, 0.25) is 5.95 Å². The summed E-state index contributed by atoms with van der Waals surface area (Å²) in [7, 11) is 2.17. The number of anilines is 3. The minimum atomic E-state index is 0.460. The van der Waals surface area contributed by atoms with E-state index in [1.165, 1.54) is 23.6 Å². The average Bonchev–Trinajstić information content (AvgIpc) is 2.63. The fraction of sp³-hybridized carbons (Fsp3) is 0.389. The predicted molar refractivity (Wildman–Crippen MR) is 95.6 cm³/mol. The molecule has 2 aromatic rings. The molecule has 0 unspecified atom stereocenters. The van der Waals surface area contributed by atoms with Crippen molar-refractivity contribution >= 4 is 17.3 Å². The van der Waals surface area contributed by atoms with Gasteiger partial charge in [-0.25, -0.2) is 9.97 Å². The maximum atomic E-state index is 8.81. The van der Waals surface area contributed by atoms with Crippen molar-refractivity contribution in [2.24, 2.45) is 0 Å². The van der Waals surface area contributed by atoms with Gasteiger partial charge in [-0.3, -0.25) is 0 Å². The first-order valence-electron chi connectivity index (χ1n) is 8.25. The van der Waals surface area contributed by atoms with Crippen LogP contribution in [0, 0.1) is 11.3 Å². The van der Waals surface area contributed by atoms with E-state index in [2.05, 4.69) is 57.3 Å². The van der Waals surface area contributed by atoms with Gasteiger partial charge in [-0.15, -0.1) is 0 Å². The lowest BCUT2D eigenvalue weighted by Crippen LogP contribution is -2.44. The molecule has 124 valence electrons. The molecule has 0 aliphatic carbocycles. The van der Waals surface area contributed by atoms with Crippen LogP contribution in [0.1, 0.15) is 18.1 Å². The number of nitriles is 1. The van der Waals surface area contributed by atoms with Crippen LogP contribution in [0.15, 0.2) is 30.6 Å². The molecule has 0 bridgehead atoms. The van der Waals surface area contributed by atoms with Crippen molar-refractivity contribution in [2.75, 3.05) is 43.4 Å². The van der Waals surface area contributed by atoms with Crippen LogP contribution in [-0.2, 0) is 6.42 Å². The van der Waals surface area contributed by atoms with E-state index >= 15 is 0 Å². The van der Waals surface area contributed by atoms with Crippen LogP contribution in [-0.4, -0.2) is 48.1 Å². The number of likely N-dealkylation sites (N-methyl/N-ethyl adjacent to an activating group) is 1. The lowest BCUT2D eigenvalue weighted by molar-refractivity contribution is 0.313. The fourth-order valence-electron chi connectivity index (χ4n) is 2.83. The Labute approximate surface area is 142 Å². The number of hydrogen-bond acceptors (Lipinski definition) is 6. The van der Waals surface area contributed by atoms with E-state index in [0.29, 0.717) is 11.5 Å². The molecule has 0 amide bonds. The Morgan fingerprint density at radius 1 is 1.17 bits per heavy atom. The van der Waals surface area contributed by atoms with E-state index in [4.69, 9.17) is 5.26 Å². The first kappa shape index (κ1) is 16.2. The Morgan fingerprint density at radius 3 is 2.50 bits per heavy atom. The number of aromatic nitrogens is 2. The van der Waals surface area contributed by atoms with E-state index in [9.17, 15) is 0 Å². The molecule has 1 N–H and O–H groups in total. The second kappa shape index (κ2) is 7.28. The lowest BCUT2D eigenvalue weighted by Gasteiger charge is -2.34. The Morgan fingerprint density at radius 2 is 1.88 bits per heavy atom. The number of nitrogens with one attached hydrogen (secondary N) is 1. The first-order chi connectivity index (χ1) is 11.7. The van der Waals surface area contributed by atoms with Crippen LogP contribution in [0.2, 0.25) is 0 Å². The van der Waals surface area contributed by atoms with Crippen LogP contribution in [0.4, 0.5) is 17.3 Å². The van der Waals surface area contributed by atoms with Crippen molar-refractivity contribution in [1.82, 2.24) is 14.9 Å². The monoisotopic (exact) mass is 322 g/mol. The number of piperazine rings is 1. The summed E-state index contributed by atoms with van der Waals surface area (Å²) < 4.78 is 0. The summed E-state index contributed by atoms with van der Waals surface area (Å²) in [6, 6.07) is 8.51. The van der Waals surface area contributed by atoms with Crippen molar-refractivity contribution < 1.29 is 0 Å². The van der Waals surface area contributed by atoms with Gasteiger partial charge in [-0.2, -0.15) is 5.26 Å². The second-order valence-electron chi connectivity index (χ2n) is 6.02. The van der Waals surface area contributed by atoms with Gasteiger partial charge in [-0.1, -0.05) is 6.92 Å². The Balaban J connectivity index is 1.77. The highest BCUT2D eigenvalue weighted by Crippen LogP contribution is 2.26. The van der Waals surface area contributed by atoms with Gasteiger partial charge < -0.3 is 15.1 Å². The van der Waals surface area contributed by atoms with Gasteiger partial charge in [-0.05, 0) is 37.2 Å². The van der Waals surface area contributed by atoms with Crippen molar-refractivity contribution in [3.05, 3.63) is 41.7 Å². The molecule has 0 saturated carbocycles. The molecule has 1 saturated heterocycles. The fourth-order valence-corrected chi connectivity index (χ4v) is 2.83. The van der Waals surface area contributed by atoms with Crippen LogP contribution >= 0.6 is 0 Å². The van der Waals surface area contributed by atoms with Gasteiger partial charge in [0.1, 0.15) is 6.07 Å².